The van der Waals surface area contributed by atoms with Crippen LogP contribution in [-0.2, 0) is 9.59 Å². The zero-order valence-corrected chi connectivity index (χ0v) is 7.74. The Morgan fingerprint density at radius 3 is 2.86 bits per heavy atom. The second-order valence-corrected chi connectivity index (χ2v) is 2.61. The Hall–Kier alpha value is -1.84. The molecule has 14 heavy (non-hydrogen) atoms. The van der Waals surface area contributed by atoms with E-state index in [-0.39, 0.29) is 12.5 Å². The molecule has 0 unspecified atom stereocenters. The van der Waals surface area contributed by atoms with Crippen molar-refractivity contribution in [1.29, 1.82) is 0 Å². The van der Waals surface area contributed by atoms with Gasteiger partial charge in [-0.2, -0.15) is 0 Å². The van der Waals surface area contributed by atoms with Gasteiger partial charge in [0.1, 0.15) is 5.75 Å². The summed E-state index contributed by atoms with van der Waals surface area (Å²) in [5.74, 6) is 0.280. The number of hydrogen-bond acceptors (Lipinski definition) is 3. The lowest BCUT2D eigenvalue weighted by Crippen LogP contribution is -2.08. The van der Waals surface area contributed by atoms with Crippen molar-refractivity contribution in [2.75, 3.05) is 11.9 Å². The van der Waals surface area contributed by atoms with E-state index in [1.165, 1.54) is 6.92 Å². The number of benzene rings is 1. The second-order valence-electron chi connectivity index (χ2n) is 2.61. The summed E-state index contributed by atoms with van der Waals surface area (Å²) >= 11 is 0. The number of hydrogen-bond donors (Lipinski definition) is 1. The van der Waals surface area contributed by atoms with Gasteiger partial charge in [0.05, 0.1) is 5.69 Å². The molecule has 0 bridgehead atoms. The monoisotopic (exact) mass is 192 g/mol. The fraction of sp³-hybridized carbons (Fsp3) is 0.200. The maximum Gasteiger partial charge on any atom is 0.239 e. The van der Waals surface area contributed by atoms with Gasteiger partial charge >= 0.3 is 0 Å². The third-order valence-corrected chi connectivity index (χ3v) is 1.48. The van der Waals surface area contributed by atoms with Crippen LogP contribution in [-0.4, -0.2) is 18.8 Å². The van der Waals surface area contributed by atoms with Crippen molar-refractivity contribution >= 4 is 17.9 Å². The first-order chi connectivity index (χ1) is 6.74. The Bertz CT molecular complexity index is 336. The van der Waals surface area contributed by atoms with E-state index < -0.39 is 0 Å². The maximum atomic E-state index is 10.8. The molecule has 0 fully saturated rings. The summed E-state index contributed by atoms with van der Waals surface area (Å²) < 4.78 is 5.05. The van der Waals surface area contributed by atoms with Gasteiger partial charge in [0.2, 0.25) is 12.2 Å². The maximum absolute atomic E-state index is 10.8. The van der Waals surface area contributed by atoms with Gasteiger partial charge in [-0.15, -0.1) is 0 Å². The number of carbonyl (C=O) groups is 1. The SMILES string of the molecule is CC(=O)Nc1ccccc1OC[C]=O. The van der Waals surface area contributed by atoms with Gasteiger partial charge in [-0.25, -0.2) is 0 Å². The minimum atomic E-state index is -0.184. The molecular weight excluding hydrogens is 182 g/mol. The Kier molecular flexibility index (Phi) is 3.67. The van der Waals surface area contributed by atoms with Crippen LogP contribution in [0.5, 0.6) is 5.75 Å². The second kappa shape index (κ2) is 5.01. The highest BCUT2D eigenvalue weighted by atomic mass is 16.5. The van der Waals surface area contributed by atoms with E-state index in [9.17, 15) is 9.59 Å². The largest absolute Gasteiger partial charge is 0.483 e. The molecule has 0 spiro atoms. The molecule has 73 valence electrons. The molecule has 4 nitrogen and oxygen atoms in total. The zero-order chi connectivity index (χ0) is 10.4. The van der Waals surface area contributed by atoms with Crippen LogP contribution in [0.1, 0.15) is 6.92 Å². The first-order valence-electron chi connectivity index (χ1n) is 4.08. The molecule has 0 atom stereocenters. The van der Waals surface area contributed by atoms with Crippen LogP contribution in [0.4, 0.5) is 5.69 Å². The van der Waals surface area contributed by atoms with Crippen LogP contribution in [0.3, 0.4) is 0 Å². The predicted octanol–water partition coefficient (Wildman–Crippen LogP) is 1.13. The lowest BCUT2D eigenvalue weighted by molar-refractivity contribution is -0.114. The number of ether oxygens (including phenoxy) is 1. The van der Waals surface area contributed by atoms with E-state index in [1.54, 1.807) is 30.6 Å². The Balaban J connectivity index is 2.79. The normalized spacial score (nSPS) is 9.21. The van der Waals surface area contributed by atoms with Crippen molar-refractivity contribution in [3.05, 3.63) is 24.3 Å². The Morgan fingerprint density at radius 2 is 2.21 bits per heavy atom. The lowest BCUT2D eigenvalue weighted by atomic mass is 10.3. The van der Waals surface area contributed by atoms with Gasteiger partial charge in [0.25, 0.3) is 0 Å². The molecule has 1 N–H and O–H groups in total. The van der Waals surface area contributed by atoms with Gasteiger partial charge in [-0.3, -0.25) is 9.59 Å². The van der Waals surface area contributed by atoms with E-state index in [1.807, 2.05) is 0 Å². The van der Waals surface area contributed by atoms with Crippen LogP contribution in [0.2, 0.25) is 0 Å². The van der Waals surface area contributed by atoms with Crippen LogP contribution in [0.15, 0.2) is 24.3 Å². The standard InChI is InChI=1S/C10H10NO3/c1-8(13)11-9-4-2-3-5-10(9)14-7-6-12/h2-5H,7H2,1H3,(H,11,13). The summed E-state index contributed by atoms with van der Waals surface area (Å²) in [6.07, 6.45) is 1.61. The molecule has 0 aliphatic heterocycles. The van der Waals surface area contributed by atoms with E-state index in [4.69, 9.17) is 4.74 Å². The number of carbonyl (C=O) groups excluding carboxylic acids is 2. The van der Waals surface area contributed by atoms with Crippen molar-refractivity contribution in [3.63, 3.8) is 0 Å². The first-order valence-corrected chi connectivity index (χ1v) is 4.08. The molecule has 0 heterocycles. The van der Waals surface area contributed by atoms with Crippen LogP contribution in [0, 0.1) is 0 Å². The van der Waals surface area contributed by atoms with Crippen LogP contribution >= 0.6 is 0 Å². The van der Waals surface area contributed by atoms with Gasteiger partial charge < -0.3 is 10.1 Å². The van der Waals surface area contributed by atoms with E-state index in [2.05, 4.69) is 5.32 Å². The summed E-state index contributed by atoms with van der Waals surface area (Å²) in [6, 6.07) is 6.89. The highest BCUT2D eigenvalue weighted by Crippen LogP contribution is 2.23. The summed E-state index contributed by atoms with van der Waals surface area (Å²) in [6.45, 7) is 1.26. The highest BCUT2D eigenvalue weighted by Gasteiger charge is 2.03. The summed E-state index contributed by atoms with van der Waals surface area (Å²) in [5.41, 5.74) is 0.551. The summed E-state index contributed by atoms with van der Waals surface area (Å²) in [4.78, 5) is 20.8. The molecule has 1 radical (unpaired) electrons. The Labute approximate surface area is 81.9 Å². The minimum absolute atomic E-state index is 0.142. The quantitative estimate of drug-likeness (QED) is 0.778. The fourth-order valence-corrected chi connectivity index (χ4v) is 0.993. The average Bonchev–Trinajstić information content (AvgIpc) is 2.16. The highest BCUT2D eigenvalue weighted by molar-refractivity contribution is 5.90. The number of amides is 1. The summed E-state index contributed by atoms with van der Waals surface area (Å²) in [7, 11) is 0. The molecule has 1 aromatic rings. The van der Waals surface area contributed by atoms with Crippen molar-refractivity contribution in [2.24, 2.45) is 0 Å². The van der Waals surface area contributed by atoms with Crippen molar-refractivity contribution in [3.8, 4) is 5.75 Å². The first kappa shape index (κ1) is 10.2. The predicted molar refractivity (Wildman–Crippen MR) is 51.9 cm³/mol. The number of anilines is 1. The molecule has 1 aromatic carbocycles. The summed E-state index contributed by atoms with van der Waals surface area (Å²) in [5, 5.41) is 2.59. The molecule has 0 saturated heterocycles. The fourth-order valence-electron chi connectivity index (χ4n) is 0.993. The lowest BCUT2D eigenvalue weighted by Gasteiger charge is -2.08. The molecule has 0 saturated carbocycles. The van der Waals surface area contributed by atoms with Gasteiger partial charge in [0, 0.05) is 6.92 Å². The number of rotatable bonds is 4. The molecule has 1 amide bonds. The molecular formula is C10H10NO3. The van der Waals surface area contributed by atoms with Crippen LogP contribution < -0.4 is 10.1 Å². The van der Waals surface area contributed by atoms with Crippen LogP contribution in [0.25, 0.3) is 0 Å². The van der Waals surface area contributed by atoms with E-state index in [0.717, 1.165) is 0 Å². The van der Waals surface area contributed by atoms with Gasteiger partial charge in [-0.05, 0) is 12.1 Å². The molecule has 0 aliphatic carbocycles. The van der Waals surface area contributed by atoms with Gasteiger partial charge in [0.15, 0.2) is 6.61 Å². The van der Waals surface area contributed by atoms with Gasteiger partial charge in [-0.1, -0.05) is 12.1 Å². The van der Waals surface area contributed by atoms with Crippen molar-refractivity contribution in [2.45, 2.75) is 6.92 Å². The molecule has 4 heteroatoms. The minimum Gasteiger partial charge on any atom is -0.483 e. The number of nitrogens with one attached hydrogen (secondary N) is 1. The molecule has 0 aromatic heterocycles. The van der Waals surface area contributed by atoms with E-state index in [0.29, 0.717) is 11.4 Å². The van der Waals surface area contributed by atoms with E-state index >= 15 is 0 Å². The topological polar surface area (TPSA) is 55.4 Å². The third kappa shape index (κ3) is 2.90. The van der Waals surface area contributed by atoms with Crippen molar-refractivity contribution < 1.29 is 14.3 Å². The molecule has 0 aliphatic rings. The third-order valence-electron chi connectivity index (χ3n) is 1.48. The van der Waals surface area contributed by atoms with Crippen molar-refractivity contribution in [1.82, 2.24) is 0 Å². The smallest absolute Gasteiger partial charge is 0.239 e. The average molecular weight is 192 g/mol. The Morgan fingerprint density at radius 1 is 1.50 bits per heavy atom. The number of para-hydroxylation sites is 2. The molecule has 1 rings (SSSR count). The zero-order valence-electron chi connectivity index (χ0n) is 7.74.